The molecule has 0 heterocycles. The van der Waals surface area contributed by atoms with Crippen molar-refractivity contribution in [2.24, 2.45) is 16.8 Å². The Hall–Kier alpha value is -1.19. The first-order valence-corrected chi connectivity index (χ1v) is 7.91. The first-order chi connectivity index (χ1) is 9.19. The van der Waals surface area contributed by atoms with Crippen molar-refractivity contribution in [1.82, 2.24) is 4.72 Å². The van der Waals surface area contributed by atoms with Gasteiger partial charge in [0.1, 0.15) is 10.7 Å². The van der Waals surface area contributed by atoms with Crippen LogP contribution in [0.25, 0.3) is 0 Å². The van der Waals surface area contributed by atoms with Crippen molar-refractivity contribution in [1.29, 1.82) is 0 Å². The van der Waals surface area contributed by atoms with Gasteiger partial charge in [0.05, 0.1) is 6.04 Å². The summed E-state index contributed by atoms with van der Waals surface area (Å²) in [6, 6.07) is 2.65. The van der Waals surface area contributed by atoms with Crippen molar-refractivity contribution in [3.8, 4) is 0 Å². The summed E-state index contributed by atoms with van der Waals surface area (Å²) in [6.07, 6.45) is 0. The number of nitrogens with one attached hydrogen (secondary N) is 1. The fourth-order valence-corrected chi connectivity index (χ4v) is 3.27. The zero-order valence-corrected chi connectivity index (χ0v) is 13.2. The van der Waals surface area contributed by atoms with Gasteiger partial charge in [-0.05, 0) is 24.1 Å². The third kappa shape index (κ3) is 3.90. The Morgan fingerprint density at radius 3 is 2.55 bits per heavy atom. The van der Waals surface area contributed by atoms with Gasteiger partial charge in [0, 0.05) is 4.47 Å². The summed E-state index contributed by atoms with van der Waals surface area (Å²) >= 11 is 3.04. The summed E-state index contributed by atoms with van der Waals surface area (Å²) in [6.45, 7) is 3.37. The third-order valence-electron chi connectivity index (χ3n) is 2.57. The topological polar surface area (TPSA) is 105 Å². The van der Waals surface area contributed by atoms with E-state index >= 15 is 0 Å². The lowest BCUT2D eigenvalue weighted by molar-refractivity contribution is 0.313. The van der Waals surface area contributed by atoms with E-state index in [1.165, 1.54) is 6.07 Å². The van der Waals surface area contributed by atoms with E-state index < -0.39 is 26.8 Å². The van der Waals surface area contributed by atoms with Crippen LogP contribution < -0.4 is 10.5 Å². The van der Waals surface area contributed by atoms with Crippen LogP contribution in [0.1, 0.15) is 13.8 Å². The SMILES string of the molecule is CC(C)C(NS(=O)(=O)c1ccc(Br)cc1F)/C(N)=N/O. The van der Waals surface area contributed by atoms with E-state index in [2.05, 4.69) is 25.8 Å². The summed E-state index contributed by atoms with van der Waals surface area (Å²) in [7, 11) is -4.12. The van der Waals surface area contributed by atoms with Gasteiger partial charge in [0.2, 0.25) is 10.0 Å². The molecule has 1 aromatic carbocycles. The molecule has 0 spiro atoms. The number of nitrogens with two attached hydrogens (primary N) is 1. The summed E-state index contributed by atoms with van der Waals surface area (Å²) in [5.41, 5.74) is 5.44. The Labute approximate surface area is 125 Å². The molecule has 0 aliphatic rings. The quantitative estimate of drug-likeness (QED) is 0.318. The van der Waals surface area contributed by atoms with E-state index in [-0.39, 0.29) is 11.8 Å². The standard InChI is InChI=1S/C11H15BrFN3O3S/c1-6(2)10(11(14)15-17)16-20(18,19)9-4-3-7(12)5-8(9)13/h3-6,10,16-17H,1-2H3,(H2,14,15). The molecule has 0 radical (unpaired) electrons. The second-order valence-electron chi connectivity index (χ2n) is 4.44. The van der Waals surface area contributed by atoms with Crippen LogP contribution in [0.3, 0.4) is 0 Å². The van der Waals surface area contributed by atoms with Crippen LogP contribution in [0.4, 0.5) is 4.39 Å². The average molecular weight is 368 g/mol. The Morgan fingerprint density at radius 1 is 1.50 bits per heavy atom. The van der Waals surface area contributed by atoms with E-state index in [1.54, 1.807) is 13.8 Å². The summed E-state index contributed by atoms with van der Waals surface area (Å²) in [4.78, 5) is -0.503. The average Bonchev–Trinajstić information content (AvgIpc) is 2.34. The van der Waals surface area contributed by atoms with Crippen molar-refractivity contribution >= 4 is 31.8 Å². The molecule has 0 saturated carbocycles. The molecule has 0 aromatic heterocycles. The zero-order chi connectivity index (χ0) is 15.5. The van der Waals surface area contributed by atoms with Crippen molar-refractivity contribution < 1.29 is 18.0 Å². The Morgan fingerprint density at radius 2 is 2.10 bits per heavy atom. The van der Waals surface area contributed by atoms with E-state index in [9.17, 15) is 12.8 Å². The van der Waals surface area contributed by atoms with Crippen LogP contribution in [-0.2, 0) is 10.0 Å². The highest BCUT2D eigenvalue weighted by atomic mass is 79.9. The molecule has 1 rings (SSSR count). The number of benzene rings is 1. The predicted octanol–water partition coefficient (Wildman–Crippen LogP) is 1.64. The van der Waals surface area contributed by atoms with Gasteiger partial charge in [-0.15, -0.1) is 0 Å². The minimum Gasteiger partial charge on any atom is -0.409 e. The van der Waals surface area contributed by atoms with Crippen molar-refractivity contribution in [2.75, 3.05) is 0 Å². The predicted molar refractivity (Wildman–Crippen MR) is 76.5 cm³/mol. The van der Waals surface area contributed by atoms with Crippen molar-refractivity contribution in [2.45, 2.75) is 24.8 Å². The number of hydrogen-bond acceptors (Lipinski definition) is 4. The largest absolute Gasteiger partial charge is 0.409 e. The summed E-state index contributed by atoms with van der Waals surface area (Å²) in [5.74, 6) is -1.46. The highest BCUT2D eigenvalue weighted by Crippen LogP contribution is 2.20. The van der Waals surface area contributed by atoms with Gasteiger partial charge in [0.15, 0.2) is 5.84 Å². The van der Waals surface area contributed by atoms with Gasteiger partial charge in [0.25, 0.3) is 0 Å². The maximum Gasteiger partial charge on any atom is 0.244 e. The highest BCUT2D eigenvalue weighted by Gasteiger charge is 2.27. The van der Waals surface area contributed by atoms with Gasteiger partial charge < -0.3 is 10.9 Å². The Bertz CT molecular complexity index is 619. The molecule has 6 nitrogen and oxygen atoms in total. The Kier molecular flexibility index (Phi) is 5.49. The van der Waals surface area contributed by atoms with Crippen molar-refractivity contribution in [3.05, 3.63) is 28.5 Å². The molecular weight excluding hydrogens is 353 g/mol. The number of halogens is 2. The molecule has 1 unspecified atom stereocenters. The van der Waals surface area contributed by atoms with E-state index in [1.807, 2.05) is 0 Å². The van der Waals surface area contributed by atoms with Gasteiger partial charge in [-0.1, -0.05) is 34.9 Å². The maximum atomic E-state index is 13.7. The van der Waals surface area contributed by atoms with E-state index in [0.717, 1.165) is 12.1 Å². The molecule has 0 fully saturated rings. The maximum absolute atomic E-state index is 13.7. The van der Waals surface area contributed by atoms with Crippen LogP contribution in [0.2, 0.25) is 0 Å². The molecule has 20 heavy (non-hydrogen) atoms. The zero-order valence-electron chi connectivity index (χ0n) is 10.8. The second kappa shape index (κ2) is 6.51. The number of hydrogen-bond donors (Lipinski definition) is 3. The lowest BCUT2D eigenvalue weighted by Crippen LogP contribution is -2.47. The van der Waals surface area contributed by atoms with Crippen LogP contribution in [0, 0.1) is 11.7 Å². The van der Waals surface area contributed by atoms with Crippen LogP contribution in [0.5, 0.6) is 0 Å². The molecule has 112 valence electrons. The number of nitrogens with zero attached hydrogens (tertiary/aromatic N) is 1. The molecule has 4 N–H and O–H groups in total. The first-order valence-electron chi connectivity index (χ1n) is 5.64. The monoisotopic (exact) mass is 367 g/mol. The highest BCUT2D eigenvalue weighted by molar-refractivity contribution is 9.10. The summed E-state index contributed by atoms with van der Waals surface area (Å²) < 4.78 is 40.6. The fourth-order valence-electron chi connectivity index (χ4n) is 1.52. The minimum atomic E-state index is -4.12. The number of sulfonamides is 1. The van der Waals surface area contributed by atoms with Crippen LogP contribution >= 0.6 is 15.9 Å². The van der Waals surface area contributed by atoms with Gasteiger partial charge in [-0.3, -0.25) is 0 Å². The van der Waals surface area contributed by atoms with Gasteiger partial charge in [-0.25, -0.2) is 17.5 Å². The number of oxime groups is 1. The molecule has 9 heteroatoms. The third-order valence-corrected chi connectivity index (χ3v) is 4.53. The lowest BCUT2D eigenvalue weighted by atomic mass is 10.1. The Balaban J connectivity index is 3.16. The molecule has 1 atom stereocenters. The minimum absolute atomic E-state index is 0.279. The van der Waals surface area contributed by atoms with Gasteiger partial charge >= 0.3 is 0 Å². The van der Waals surface area contributed by atoms with Crippen molar-refractivity contribution in [3.63, 3.8) is 0 Å². The molecule has 1 aromatic rings. The van der Waals surface area contributed by atoms with Crippen LogP contribution in [-0.4, -0.2) is 25.5 Å². The first kappa shape index (κ1) is 16.9. The fraction of sp³-hybridized carbons (Fsp3) is 0.364. The second-order valence-corrected chi connectivity index (χ2v) is 7.04. The molecule has 0 amide bonds. The van der Waals surface area contributed by atoms with Gasteiger partial charge in [-0.2, -0.15) is 0 Å². The molecular formula is C11H15BrFN3O3S. The number of rotatable bonds is 5. The molecule has 0 bridgehead atoms. The molecule has 0 aliphatic carbocycles. The van der Waals surface area contributed by atoms with E-state index in [0.29, 0.717) is 4.47 Å². The lowest BCUT2D eigenvalue weighted by Gasteiger charge is -2.21. The van der Waals surface area contributed by atoms with Crippen LogP contribution in [0.15, 0.2) is 32.7 Å². The normalized spacial score (nSPS) is 14.6. The molecule has 0 aliphatic heterocycles. The number of amidine groups is 1. The molecule has 0 saturated heterocycles. The summed E-state index contributed by atoms with van der Waals surface area (Å²) in [5, 5.41) is 11.5. The van der Waals surface area contributed by atoms with E-state index in [4.69, 9.17) is 10.9 Å². The smallest absolute Gasteiger partial charge is 0.244 e.